The number of nitrogens with zero attached hydrogens (tertiary/aromatic N) is 1. The SMILES string of the molecule is C=CCN(C(=O)C(NC(=O)OC(C)(C)C)C(C)CC)C(C(=O)NCCCCC)c1ccccc1. The van der Waals surface area contributed by atoms with Crippen molar-refractivity contribution in [2.45, 2.75) is 84.9 Å². The molecule has 0 aromatic heterocycles. The fourth-order valence-electron chi connectivity index (χ4n) is 3.55. The van der Waals surface area contributed by atoms with Crippen molar-refractivity contribution in [2.24, 2.45) is 5.92 Å². The van der Waals surface area contributed by atoms with Crippen molar-refractivity contribution in [1.82, 2.24) is 15.5 Å². The summed E-state index contributed by atoms with van der Waals surface area (Å²) >= 11 is 0. The van der Waals surface area contributed by atoms with E-state index >= 15 is 0 Å². The third-order valence-electron chi connectivity index (χ3n) is 5.52. The van der Waals surface area contributed by atoms with Crippen LogP contribution in [0.2, 0.25) is 0 Å². The molecule has 0 saturated heterocycles. The molecular weight excluding hydrogens is 430 g/mol. The number of nitrogens with one attached hydrogen (secondary N) is 2. The van der Waals surface area contributed by atoms with Gasteiger partial charge in [-0.15, -0.1) is 6.58 Å². The van der Waals surface area contributed by atoms with Crippen LogP contribution < -0.4 is 10.6 Å². The van der Waals surface area contributed by atoms with Crippen LogP contribution in [0.1, 0.15) is 78.8 Å². The highest BCUT2D eigenvalue weighted by atomic mass is 16.6. The van der Waals surface area contributed by atoms with Crippen molar-refractivity contribution in [3.63, 3.8) is 0 Å². The molecule has 3 unspecified atom stereocenters. The molecule has 1 aromatic rings. The minimum atomic E-state index is -0.848. The number of rotatable bonds is 13. The molecule has 0 aliphatic carbocycles. The molecule has 0 saturated carbocycles. The van der Waals surface area contributed by atoms with E-state index in [1.807, 2.05) is 44.2 Å². The van der Waals surface area contributed by atoms with Crippen molar-refractivity contribution < 1.29 is 19.1 Å². The first-order valence-corrected chi connectivity index (χ1v) is 12.3. The highest BCUT2D eigenvalue weighted by molar-refractivity contribution is 5.92. The van der Waals surface area contributed by atoms with E-state index in [4.69, 9.17) is 4.74 Å². The smallest absolute Gasteiger partial charge is 0.408 e. The van der Waals surface area contributed by atoms with Gasteiger partial charge in [-0.1, -0.05) is 76.4 Å². The first-order valence-electron chi connectivity index (χ1n) is 12.3. The van der Waals surface area contributed by atoms with Crippen LogP contribution in [-0.2, 0) is 14.3 Å². The Morgan fingerprint density at radius 1 is 1.12 bits per heavy atom. The summed E-state index contributed by atoms with van der Waals surface area (Å²) in [4.78, 5) is 41.2. The Morgan fingerprint density at radius 3 is 2.29 bits per heavy atom. The Bertz CT molecular complexity index is 789. The van der Waals surface area contributed by atoms with Crippen LogP contribution in [0, 0.1) is 5.92 Å². The molecule has 0 aliphatic heterocycles. The Morgan fingerprint density at radius 2 is 1.76 bits per heavy atom. The summed E-state index contributed by atoms with van der Waals surface area (Å²) in [7, 11) is 0. The van der Waals surface area contributed by atoms with Gasteiger partial charge in [0, 0.05) is 13.1 Å². The number of carbonyl (C=O) groups is 3. The quantitative estimate of drug-likeness (QED) is 0.312. The second kappa shape index (κ2) is 14.4. The lowest BCUT2D eigenvalue weighted by atomic mass is 9.95. The van der Waals surface area contributed by atoms with Gasteiger partial charge in [-0.05, 0) is 38.7 Å². The van der Waals surface area contributed by atoms with Gasteiger partial charge < -0.3 is 20.3 Å². The molecule has 3 amide bonds. The van der Waals surface area contributed by atoms with Gasteiger partial charge in [0.15, 0.2) is 0 Å². The van der Waals surface area contributed by atoms with Crippen LogP contribution in [-0.4, -0.2) is 47.5 Å². The minimum Gasteiger partial charge on any atom is -0.444 e. The van der Waals surface area contributed by atoms with E-state index in [0.29, 0.717) is 18.5 Å². The molecule has 0 radical (unpaired) electrons. The highest BCUT2D eigenvalue weighted by Gasteiger charge is 2.37. The molecule has 0 bridgehead atoms. The van der Waals surface area contributed by atoms with Crippen LogP contribution >= 0.6 is 0 Å². The van der Waals surface area contributed by atoms with Crippen molar-refractivity contribution in [2.75, 3.05) is 13.1 Å². The summed E-state index contributed by atoms with van der Waals surface area (Å²) in [6.45, 7) is 15.8. The fraction of sp³-hybridized carbons (Fsp3) is 0.593. The molecule has 7 heteroatoms. The van der Waals surface area contributed by atoms with Crippen LogP contribution in [0.5, 0.6) is 0 Å². The molecule has 1 aromatic carbocycles. The van der Waals surface area contributed by atoms with Gasteiger partial charge >= 0.3 is 6.09 Å². The Balaban J connectivity index is 3.31. The lowest BCUT2D eigenvalue weighted by molar-refractivity contribution is -0.142. The van der Waals surface area contributed by atoms with Crippen LogP contribution in [0.4, 0.5) is 4.79 Å². The maximum Gasteiger partial charge on any atom is 0.408 e. The highest BCUT2D eigenvalue weighted by Crippen LogP contribution is 2.24. The lowest BCUT2D eigenvalue weighted by Gasteiger charge is -2.35. The molecule has 0 heterocycles. The minimum absolute atomic E-state index is 0.156. The number of carbonyl (C=O) groups excluding carboxylic acids is 3. The molecule has 190 valence electrons. The van der Waals surface area contributed by atoms with Gasteiger partial charge in [0.1, 0.15) is 17.7 Å². The number of hydrogen-bond acceptors (Lipinski definition) is 4. The van der Waals surface area contributed by atoms with Crippen LogP contribution in [0.15, 0.2) is 43.0 Å². The molecule has 2 N–H and O–H groups in total. The van der Waals surface area contributed by atoms with Crippen molar-refractivity contribution in [1.29, 1.82) is 0 Å². The Hall–Kier alpha value is -2.83. The first kappa shape index (κ1) is 29.2. The van der Waals surface area contributed by atoms with E-state index < -0.39 is 23.8 Å². The molecule has 1 rings (SSSR count). The first-order chi connectivity index (χ1) is 16.1. The topological polar surface area (TPSA) is 87.7 Å². The zero-order valence-corrected chi connectivity index (χ0v) is 21.7. The van der Waals surface area contributed by atoms with E-state index in [1.54, 1.807) is 26.8 Å². The predicted molar refractivity (Wildman–Crippen MR) is 136 cm³/mol. The number of benzene rings is 1. The van der Waals surface area contributed by atoms with Crippen LogP contribution in [0.25, 0.3) is 0 Å². The van der Waals surface area contributed by atoms with E-state index in [-0.39, 0.29) is 24.3 Å². The van der Waals surface area contributed by atoms with Gasteiger partial charge in [0.05, 0.1) is 0 Å². The predicted octanol–water partition coefficient (Wildman–Crippen LogP) is 4.99. The summed E-state index contributed by atoms with van der Waals surface area (Å²) in [5.74, 6) is -0.772. The average molecular weight is 474 g/mol. The fourth-order valence-corrected chi connectivity index (χ4v) is 3.55. The van der Waals surface area contributed by atoms with E-state index in [2.05, 4.69) is 24.1 Å². The van der Waals surface area contributed by atoms with E-state index in [0.717, 1.165) is 19.3 Å². The number of unbranched alkanes of at least 4 members (excludes halogenated alkanes) is 2. The molecule has 0 fully saturated rings. The Kier molecular flexibility index (Phi) is 12.4. The standard InChI is InChI=1S/C27H43N3O4/c1-8-11-15-18-28-24(31)23(21-16-13-12-14-17-21)30(19-9-2)25(32)22(20(4)10-3)29-26(33)34-27(5,6)7/h9,12-14,16-17,20,22-23H,2,8,10-11,15,18-19H2,1,3-7H3,(H,28,31)(H,29,33). The average Bonchev–Trinajstić information content (AvgIpc) is 2.78. The zero-order valence-electron chi connectivity index (χ0n) is 21.7. The summed E-state index contributed by atoms with van der Waals surface area (Å²) < 4.78 is 5.40. The molecule has 7 nitrogen and oxygen atoms in total. The number of alkyl carbamates (subject to hydrolysis) is 1. The van der Waals surface area contributed by atoms with Gasteiger partial charge in [0.2, 0.25) is 11.8 Å². The summed E-state index contributed by atoms with van der Waals surface area (Å²) in [5, 5.41) is 5.73. The molecule has 3 atom stereocenters. The molecular formula is C27H43N3O4. The number of amides is 3. The van der Waals surface area contributed by atoms with Crippen molar-refractivity contribution in [3.05, 3.63) is 48.6 Å². The third kappa shape index (κ3) is 9.57. The molecule has 0 aliphatic rings. The normalized spacial score (nSPS) is 13.8. The van der Waals surface area contributed by atoms with Gasteiger partial charge in [0.25, 0.3) is 0 Å². The summed E-state index contributed by atoms with van der Waals surface area (Å²) in [5.41, 5.74) is 0.00432. The van der Waals surface area contributed by atoms with Gasteiger partial charge in [-0.2, -0.15) is 0 Å². The second-order valence-electron chi connectivity index (χ2n) is 9.60. The van der Waals surface area contributed by atoms with Crippen molar-refractivity contribution >= 4 is 17.9 Å². The van der Waals surface area contributed by atoms with Gasteiger partial charge in [-0.3, -0.25) is 9.59 Å². The van der Waals surface area contributed by atoms with Gasteiger partial charge in [-0.25, -0.2) is 4.79 Å². The summed E-state index contributed by atoms with van der Waals surface area (Å²) in [6, 6.07) is 7.52. The second-order valence-corrected chi connectivity index (χ2v) is 9.60. The molecule has 34 heavy (non-hydrogen) atoms. The largest absolute Gasteiger partial charge is 0.444 e. The lowest BCUT2D eigenvalue weighted by Crippen LogP contribution is -2.55. The van der Waals surface area contributed by atoms with Crippen molar-refractivity contribution in [3.8, 4) is 0 Å². The number of ether oxygens (including phenoxy) is 1. The summed E-state index contributed by atoms with van der Waals surface area (Å²) in [6.07, 6.45) is 4.53. The third-order valence-corrected chi connectivity index (χ3v) is 5.52. The zero-order chi connectivity index (χ0) is 25.7. The maximum atomic E-state index is 13.9. The molecule has 0 spiro atoms. The van der Waals surface area contributed by atoms with E-state index in [9.17, 15) is 14.4 Å². The van der Waals surface area contributed by atoms with E-state index in [1.165, 1.54) is 4.90 Å². The maximum absolute atomic E-state index is 13.9. The Labute approximate surface area is 205 Å². The number of hydrogen-bond donors (Lipinski definition) is 2. The monoisotopic (exact) mass is 473 g/mol. The van der Waals surface area contributed by atoms with Crippen LogP contribution in [0.3, 0.4) is 0 Å².